The van der Waals surface area contributed by atoms with Gasteiger partial charge in [-0.25, -0.2) is 0 Å². The molecule has 0 aromatic heterocycles. The zero-order chi connectivity index (χ0) is 9.74. The Morgan fingerprint density at radius 2 is 1.85 bits per heavy atom. The Bertz CT molecular complexity index is 220. The molecule has 0 heterocycles. The maximum absolute atomic E-state index is 10.7. The molecule has 0 bridgehead atoms. The lowest BCUT2D eigenvalue weighted by molar-refractivity contribution is -0.103. The van der Waals surface area contributed by atoms with E-state index in [1.807, 2.05) is 0 Å². The summed E-state index contributed by atoms with van der Waals surface area (Å²) < 4.78 is 0. The van der Waals surface area contributed by atoms with Gasteiger partial charge >= 0.3 is 0 Å². The van der Waals surface area contributed by atoms with Crippen molar-refractivity contribution in [2.45, 2.75) is 51.6 Å². The Morgan fingerprint density at radius 3 is 2.31 bits per heavy atom. The van der Waals surface area contributed by atoms with E-state index in [9.17, 15) is 5.11 Å². The van der Waals surface area contributed by atoms with Crippen LogP contribution in [0.4, 0.5) is 0 Å². The van der Waals surface area contributed by atoms with Gasteiger partial charge in [0.05, 0.1) is 5.60 Å². The number of rotatable bonds is 2. The van der Waals surface area contributed by atoms with Crippen molar-refractivity contribution < 1.29 is 5.11 Å². The van der Waals surface area contributed by atoms with Crippen molar-refractivity contribution in [2.75, 3.05) is 6.54 Å². The summed E-state index contributed by atoms with van der Waals surface area (Å²) in [4.78, 5) is 0. The van der Waals surface area contributed by atoms with Gasteiger partial charge in [-0.15, -0.1) is 0 Å². The fourth-order valence-corrected chi connectivity index (χ4v) is 3.19. The quantitative estimate of drug-likeness (QED) is 0.684. The van der Waals surface area contributed by atoms with E-state index in [0.29, 0.717) is 6.54 Å². The van der Waals surface area contributed by atoms with Gasteiger partial charge < -0.3 is 10.8 Å². The van der Waals surface area contributed by atoms with Crippen molar-refractivity contribution in [1.82, 2.24) is 0 Å². The molecule has 0 radical (unpaired) electrons. The highest BCUT2D eigenvalue weighted by Gasteiger charge is 2.66. The molecule has 13 heavy (non-hydrogen) atoms. The molecule has 2 saturated carbocycles. The van der Waals surface area contributed by atoms with Crippen LogP contribution in [-0.4, -0.2) is 17.3 Å². The number of nitrogens with two attached hydrogens (primary N) is 1. The molecule has 1 spiro atoms. The van der Waals surface area contributed by atoms with Crippen molar-refractivity contribution in [2.24, 2.45) is 16.6 Å². The Labute approximate surface area is 80.5 Å². The van der Waals surface area contributed by atoms with Crippen LogP contribution < -0.4 is 5.73 Å². The molecule has 76 valence electrons. The topological polar surface area (TPSA) is 46.2 Å². The van der Waals surface area contributed by atoms with Crippen molar-refractivity contribution in [3.05, 3.63) is 0 Å². The number of aliphatic hydroxyl groups is 1. The fraction of sp³-hybridized carbons (Fsp3) is 1.00. The second kappa shape index (κ2) is 2.48. The van der Waals surface area contributed by atoms with E-state index in [2.05, 4.69) is 13.8 Å². The van der Waals surface area contributed by atoms with Crippen LogP contribution in [0.15, 0.2) is 0 Å². The van der Waals surface area contributed by atoms with Crippen molar-refractivity contribution >= 4 is 0 Å². The minimum Gasteiger partial charge on any atom is -0.389 e. The summed E-state index contributed by atoms with van der Waals surface area (Å²) in [7, 11) is 0. The largest absolute Gasteiger partial charge is 0.389 e. The minimum atomic E-state index is -0.477. The highest BCUT2D eigenvalue weighted by atomic mass is 16.3. The normalized spacial score (nSPS) is 36.9. The lowest BCUT2D eigenvalue weighted by Crippen LogP contribution is -2.52. The van der Waals surface area contributed by atoms with Gasteiger partial charge in [-0.05, 0) is 37.5 Å². The molecule has 0 amide bonds. The van der Waals surface area contributed by atoms with Crippen LogP contribution in [0.5, 0.6) is 0 Å². The van der Waals surface area contributed by atoms with Crippen LogP contribution in [0.1, 0.15) is 46.0 Å². The molecular weight excluding hydrogens is 162 g/mol. The van der Waals surface area contributed by atoms with Gasteiger partial charge in [0.15, 0.2) is 0 Å². The molecule has 0 aromatic rings. The predicted octanol–water partition coefficient (Wildman–Crippen LogP) is 1.67. The summed E-state index contributed by atoms with van der Waals surface area (Å²) in [5.41, 5.74) is 5.43. The summed E-state index contributed by atoms with van der Waals surface area (Å²) in [6.45, 7) is 4.81. The van der Waals surface area contributed by atoms with Crippen LogP contribution in [0.2, 0.25) is 0 Å². The van der Waals surface area contributed by atoms with E-state index in [4.69, 9.17) is 5.73 Å². The second-order valence-electron chi connectivity index (χ2n) is 5.58. The highest BCUT2D eigenvalue weighted by Crippen LogP contribution is 2.67. The fourth-order valence-electron chi connectivity index (χ4n) is 3.19. The minimum absolute atomic E-state index is 0.111. The van der Waals surface area contributed by atoms with Crippen LogP contribution in [0.25, 0.3) is 0 Å². The standard InChI is InChI=1S/C11H21NO/c1-9(2,8-12)11(13)5-3-4-10(11)6-7-10/h13H,3-8,12H2,1-2H3. The first kappa shape index (κ1) is 9.47. The average Bonchev–Trinajstić information content (AvgIpc) is 2.77. The van der Waals surface area contributed by atoms with Gasteiger partial charge in [0, 0.05) is 12.0 Å². The second-order valence-corrected chi connectivity index (χ2v) is 5.58. The zero-order valence-corrected chi connectivity index (χ0v) is 8.77. The molecule has 0 aliphatic heterocycles. The maximum atomic E-state index is 10.7. The third kappa shape index (κ3) is 1.02. The van der Waals surface area contributed by atoms with E-state index in [1.165, 1.54) is 25.7 Å². The molecular formula is C11H21NO. The molecule has 0 saturated heterocycles. The zero-order valence-electron chi connectivity index (χ0n) is 8.77. The van der Waals surface area contributed by atoms with Crippen LogP contribution in [-0.2, 0) is 0 Å². The number of hydrogen-bond donors (Lipinski definition) is 2. The first-order valence-electron chi connectivity index (χ1n) is 5.40. The van der Waals surface area contributed by atoms with Gasteiger partial charge in [0.25, 0.3) is 0 Å². The predicted molar refractivity (Wildman–Crippen MR) is 53.3 cm³/mol. The summed E-state index contributed by atoms with van der Waals surface area (Å²) in [5.74, 6) is 0. The maximum Gasteiger partial charge on any atom is 0.0766 e. The Balaban J connectivity index is 2.29. The molecule has 2 aliphatic rings. The van der Waals surface area contributed by atoms with Gasteiger partial charge in [0.2, 0.25) is 0 Å². The van der Waals surface area contributed by atoms with E-state index < -0.39 is 5.60 Å². The molecule has 2 heteroatoms. The average molecular weight is 183 g/mol. The van der Waals surface area contributed by atoms with E-state index in [0.717, 1.165) is 6.42 Å². The van der Waals surface area contributed by atoms with Gasteiger partial charge in [0.1, 0.15) is 0 Å². The van der Waals surface area contributed by atoms with Crippen molar-refractivity contribution in [1.29, 1.82) is 0 Å². The Hall–Kier alpha value is -0.0800. The van der Waals surface area contributed by atoms with Crippen LogP contribution >= 0.6 is 0 Å². The number of hydrogen-bond acceptors (Lipinski definition) is 2. The monoisotopic (exact) mass is 183 g/mol. The summed E-state index contributed by atoms with van der Waals surface area (Å²) in [6.07, 6.45) is 5.78. The molecule has 3 N–H and O–H groups in total. The van der Waals surface area contributed by atoms with E-state index >= 15 is 0 Å². The lowest BCUT2D eigenvalue weighted by Gasteiger charge is -2.44. The third-order valence-electron chi connectivity index (χ3n) is 4.55. The molecule has 2 nitrogen and oxygen atoms in total. The van der Waals surface area contributed by atoms with Crippen molar-refractivity contribution in [3.8, 4) is 0 Å². The first-order valence-corrected chi connectivity index (χ1v) is 5.40. The Kier molecular flexibility index (Phi) is 1.81. The van der Waals surface area contributed by atoms with E-state index in [-0.39, 0.29) is 10.8 Å². The third-order valence-corrected chi connectivity index (χ3v) is 4.55. The van der Waals surface area contributed by atoms with Gasteiger partial charge in [-0.3, -0.25) is 0 Å². The Morgan fingerprint density at radius 1 is 1.23 bits per heavy atom. The highest BCUT2D eigenvalue weighted by molar-refractivity contribution is 5.17. The molecule has 0 aromatic carbocycles. The molecule has 1 unspecified atom stereocenters. The van der Waals surface area contributed by atoms with Gasteiger partial charge in [-0.2, -0.15) is 0 Å². The smallest absolute Gasteiger partial charge is 0.0766 e. The summed E-state index contributed by atoms with van der Waals surface area (Å²) in [5, 5.41) is 10.7. The summed E-state index contributed by atoms with van der Waals surface area (Å²) in [6, 6.07) is 0. The molecule has 2 aliphatic carbocycles. The van der Waals surface area contributed by atoms with Crippen molar-refractivity contribution in [3.63, 3.8) is 0 Å². The SMILES string of the molecule is CC(C)(CN)C1(O)CCCC12CC2. The lowest BCUT2D eigenvalue weighted by atomic mass is 9.67. The first-order chi connectivity index (χ1) is 5.97. The molecule has 1 atom stereocenters. The molecule has 2 rings (SSSR count). The van der Waals surface area contributed by atoms with Crippen LogP contribution in [0, 0.1) is 10.8 Å². The molecule has 2 fully saturated rings. The van der Waals surface area contributed by atoms with E-state index in [1.54, 1.807) is 0 Å². The van der Waals surface area contributed by atoms with Gasteiger partial charge in [-0.1, -0.05) is 13.8 Å². The van der Waals surface area contributed by atoms with Crippen LogP contribution in [0.3, 0.4) is 0 Å². The summed E-state index contributed by atoms with van der Waals surface area (Å²) >= 11 is 0.